The van der Waals surface area contributed by atoms with Crippen molar-refractivity contribution in [1.29, 1.82) is 0 Å². The average Bonchev–Trinajstić information content (AvgIpc) is 2.86. The molecular formula is C13H17NO2S2. The van der Waals surface area contributed by atoms with Gasteiger partial charge in [0.1, 0.15) is 5.25 Å². The van der Waals surface area contributed by atoms with Crippen molar-refractivity contribution in [3.05, 3.63) is 21.9 Å². The molecule has 1 saturated heterocycles. The van der Waals surface area contributed by atoms with E-state index in [1.54, 1.807) is 23.1 Å². The number of rotatable bonds is 1. The first kappa shape index (κ1) is 12.5. The van der Waals surface area contributed by atoms with Crippen LogP contribution in [0, 0.1) is 0 Å². The smallest absolute Gasteiger partial charge is 0.240 e. The van der Waals surface area contributed by atoms with Crippen LogP contribution in [0.15, 0.2) is 11.4 Å². The number of thioether (sulfide) groups is 1. The normalized spacial score (nSPS) is 27.9. The molecule has 0 aromatic carbocycles. The highest BCUT2D eigenvalue weighted by molar-refractivity contribution is 8.00. The lowest BCUT2D eigenvalue weighted by Crippen LogP contribution is -2.46. The molecule has 1 fully saturated rings. The zero-order valence-corrected chi connectivity index (χ0v) is 12.1. The molecule has 2 unspecified atom stereocenters. The molecular weight excluding hydrogens is 266 g/mol. The minimum absolute atomic E-state index is 0.0188. The lowest BCUT2D eigenvalue weighted by atomic mass is 10.1. The van der Waals surface area contributed by atoms with E-state index in [0.717, 1.165) is 25.3 Å². The molecule has 98 valence electrons. The molecule has 1 amide bonds. The Bertz CT molecular complexity index is 446. The van der Waals surface area contributed by atoms with Gasteiger partial charge in [-0.15, -0.1) is 23.1 Å². The van der Waals surface area contributed by atoms with Crippen LogP contribution in [0.4, 0.5) is 0 Å². The Hall–Kier alpha value is -0.520. The first-order valence-electron chi connectivity index (χ1n) is 6.34. The summed E-state index contributed by atoms with van der Waals surface area (Å²) in [5.74, 6) is 1.33. The number of ether oxygens (including phenoxy) is 1. The largest absolute Gasteiger partial charge is 0.375 e. The number of carbonyl (C=O) groups excluding carboxylic acids is 1. The second-order valence-corrected chi connectivity index (χ2v) is 6.98. The molecule has 3 heterocycles. The van der Waals surface area contributed by atoms with Crippen LogP contribution >= 0.6 is 23.1 Å². The van der Waals surface area contributed by atoms with Crippen LogP contribution in [0.2, 0.25) is 0 Å². The Balaban J connectivity index is 1.77. The van der Waals surface area contributed by atoms with Gasteiger partial charge in [-0.1, -0.05) is 0 Å². The topological polar surface area (TPSA) is 29.5 Å². The number of hydrogen-bond acceptors (Lipinski definition) is 4. The minimum atomic E-state index is 0.0188. The van der Waals surface area contributed by atoms with Crippen molar-refractivity contribution >= 4 is 29.0 Å². The van der Waals surface area contributed by atoms with E-state index in [1.807, 2.05) is 11.8 Å². The van der Waals surface area contributed by atoms with E-state index < -0.39 is 0 Å². The molecule has 2 aliphatic rings. The van der Waals surface area contributed by atoms with E-state index in [1.165, 1.54) is 10.4 Å². The highest BCUT2D eigenvalue weighted by atomic mass is 32.2. The van der Waals surface area contributed by atoms with E-state index in [-0.39, 0.29) is 17.3 Å². The van der Waals surface area contributed by atoms with E-state index >= 15 is 0 Å². The first-order chi connectivity index (χ1) is 8.75. The molecule has 0 spiro atoms. The molecule has 1 aromatic rings. The standard InChI is InChI=1S/C13H17NO2S2/c1-9-8-14(4-5-16-9)13(15)12-10-2-6-17-11(10)3-7-18-12/h2,6,9,12H,3-5,7-8H2,1H3. The highest BCUT2D eigenvalue weighted by Gasteiger charge is 2.33. The van der Waals surface area contributed by atoms with Crippen molar-refractivity contribution in [3.63, 3.8) is 0 Å². The fourth-order valence-electron chi connectivity index (χ4n) is 2.54. The Morgan fingerprint density at radius 3 is 3.28 bits per heavy atom. The summed E-state index contributed by atoms with van der Waals surface area (Å²) >= 11 is 3.57. The van der Waals surface area contributed by atoms with Crippen molar-refractivity contribution in [1.82, 2.24) is 4.90 Å². The van der Waals surface area contributed by atoms with Gasteiger partial charge in [-0.3, -0.25) is 4.79 Å². The molecule has 3 nitrogen and oxygen atoms in total. The fraction of sp³-hybridized carbons (Fsp3) is 0.615. The molecule has 0 saturated carbocycles. The SMILES string of the molecule is CC1CN(C(=O)C2SCCc3sccc32)CCO1. The highest BCUT2D eigenvalue weighted by Crippen LogP contribution is 2.40. The van der Waals surface area contributed by atoms with Gasteiger partial charge in [0.2, 0.25) is 5.91 Å². The Morgan fingerprint density at radius 1 is 1.56 bits per heavy atom. The Labute approximate surface area is 116 Å². The lowest BCUT2D eigenvalue weighted by Gasteiger charge is -2.34. The van der Waals surface area contributed by atoms with Crippen molar-refractivity contribution in [2.24, 2.45) is 0 Å². The maximum atomic E-state index is 12.6. The molecule has 2 atom stereocenters. The number of nitrogens with zero attached hydrogens (tertiary/aromatic N) is 1. The van der Waals surface area contributed by atoms with Gasteiger partial charge in [-0.25, -0.2) is 0 Å². The second-order valence-electron chi connectivity index (χ2n) is 4.77. The zero-order chi connectivity index (χ0) is 12.5. The molecule has 1 aromatic heterocycles. The van der Waals surface area contributed by atoms with Crippen molar-refractivity contribution in [3.8, 4) is 0 Å². The summed E-state index contributed by atoms with van der Waals surface area (Å²) in [7, 11) is 0. The molecule has 18 heavy (non-hydrogen) atoms. The number of hydrogen-bond donors (Lipinski definition) is 0. The average molecular weight is 283 g/mol. The van der Waals surface area contributed by atoms with Crippen LogP contribution in [0.25, 0.3) is 0 Å². The molecule has 0 aliphatic carbocycles. The molecule has 5 heteroatoms. The first-order valence-corrected chi connectivity index (χ1v) is 8.27. The van der Waals surface area contributed by atoms with E-state index in [2.05, 4.69) is 11.4 Å². The predicted octanol–water partition coefficient (Wildman–Crippen LogP) is 2.33. The van der Waals surface area contributed by atoms with Gasteiger partial charge in [-0.05, 0) is 36.1 Å². The second kappa shape index (κ2) is 5.23. The summed E-state index contributed by atoms with van der Waals surface area (Å²) in [5.41, 5.74) is 1.25. The molecule has 2 aliphatic heterocycles. The van der Waals surface area contributed by atoms with Crippen molar-refractivity contribution < 1.29 is 9.53 Å². The van der Waals surface area contributed by atoms with Gasteiger partial charge in [0, 0.05) is 18.0 Å². The van der Waals surface area contributed by atoms with Crippen LogP contribution < -0.4 is 0 Å². The molecule has 3 rings (SSSR count). The van der Waals surface area contributed by atoms with Crippen LogP contribution in [-0.4, -0.2) is 42.4 Å². The summed E-state index contributed by atoms with van der Waals surface area (Å²) in [5, 5.41) is 2.13. The van der Waals surface area contributed by atoms with Crippen LogP contribution in [0.1, 0.15) is 22.6 Å². The minimum Gasteiger partial charge on any atom is -0.375 e. The van der Waals surface area contributed by atoms with E-state index in [0.29, 0.717) is 6.61 Å². The number of thiophene rings is 1. The van der Waals surface area contributed by atoms with Gasteiger partial charge in [0.15, 0.2) is 0 Å². The van der Waals surface area contributed by atoms with Gasteiger partial charge < -0.3 is 9.64 Å². The number of carbonyl (C=O) groups is 1. The van der Waals surface area contributed by atoms with Gasteiger partial charge in [0.25, 0.3) is 0 Å². The van der Waals surface area contributed by atoms with Crippen LogP contribution in [-0.2, 0) is 16.0 Å². The van der Waals surface area contributed by atoms with Crippen LogP contribution in [0.5, 0.6) is 0 Å². The van der Waals surface area contributed by atoms with E-state index in [9.17, 15) is 4.79 Å². The number of fused-ring (bicyclic) bond motifs is 1. The maximum Gasteiger partial charge on any atom is 0.240 e. The number of aryl methyl sites for hydroxylation is 1. The van der Waals surface area contributed by atoms with E-state index in [4.69, 9.17) is 4.74 Å². The third kappa shape index (κ3) is 2.31. The fourth-order valence-corrected chi connectivity index (χ4v) is 4.91. The summed E-state index contributed by atoms with van der Waals surface area (Å²) in [6, 6.07) is 2.12. The quantitative estimate of drug-likeness (QED) is 0.792. The lowest BCUT2D eigenvalue weighted by molar-refractivity contribution is -0.137. The molecule has 0 radical (unpaired) electrons. The Kier molecular flexibility index (Phi) is 3.63. The Morgan fingerprint density at radius 2 is 2.44 bits per heavy atom. The third-order valence-electron chi connectivity index (χ3n) is 3.45. The number of morpholine rings is 1. The predicted molar refractivity (Wildman–Crippen MR) is 75.2 cm³/mol. The third-order valence-corrected chi connectivity index (χ3v) is 5.68. The molecule has 0 bridgehead atoms. The van der Waals surface area contributed by atoms with Crippen molar-refractivity contribution in [2.75, 3.05) is 25.4 Å². The summed E-state index contributed by atoms with van der Waals surface area (Å²) in [4.78, 5) is 16.0. The van der Waals surface area contributed by atoms with Crippen molar-refractivity contribution in [2.45, 2.75) is 24.7 Å². The summed E-state index contributed by atoms with van der Waals surface area (Å²) in [6.45, 7) is 4.17. The summed E-state index contributed by atoms with van der Waals surface area (Å²) in [6.07, 6.45) is 1.28. The van der Waals surface area contributed by atoms with Gasteiger partial charge >= 0.3 is 0 Å². The number of amides is 1. The maximum absolute atomic E-state index is 12.6. The van der Waals surface area contributed by atoms with Gasteiger partial charge in [0.05, 0.1) is 12.7 Å². The van der Waals surface area contributed by atoms with Crippen LogP contribution in [0.3, 0.4) is 0 Å². The summed E-state index contributed by atoms with van der Waals surface area (Å²) < 4.78 is 5.50. The molecule has 0 N–H and O–H groups in total. The van der Waals surface area contributed by atoms with Gasteiger partial charge in [-0.2, -0.15) is 0 Å². The monoisotopic (exact) mass is 283 g/mol. The zero-order valence-electron chi connectivity index (χ0n) is 10.4.